The van der Waals surface area contributed by atoms with E-state index in [2.05, 4.69) is 52.2 Å². The predicted molar refractivity (Wildman–Crippen MR) is 224 cm³/mol. The van der Waals surface area contributed by atoms with Gasteiger partial charge in [-0.25, -0.2) is 0 Å². The molecule has 59 heavy (non-hydrogen) atoms. The number of carbonyl (C=O) groups is 4. The summed E-state index contributed by atoms with van der Waals surface area (Å²) in [7, 11) is 0. The van der Waals surface area contributed by atoms with Gasteiger partial charge >= 0.3 is 11.9 Å². The minimum absolute atomic E-state index is 0.00821. The van der Waals surface area contributed by atoms with E-state index in [0.717, 1.165) is 119 Å². The molecule has 0 spiro atoms. The molecule has 0 aromatic rings. The van der Waals surface area contributed by atoms with Crippen molar-refractivity contribution in [2.45, 2.75) is 106 Å². The van der Waals surface area contributed by atoms with Gasteiger partial charge in [-0.15, -0.1) is 0 Å². The van der Waals surface area contributed by atoms with Crippen LogP contribution in [0.4, 0.5) is 0 Å². The molecule has 22 unspecified atom stereocenters. The van der Waals surface area contributed by atoms with Crippen molar-refractivity contribution < 1.29 is 38.5 Å². The first-order chi connectivity index (χ1) is 28.3. The minimum Gasteiger partial charge on any atom is -0.462 e. The summed E-state index contributed by atoms with van der Waals surface area (Å²) in [4.78, 5) is 48.6. The van der Waals surface area contributed by atoms with E-state index in [1.165, 1.54) is 38.5 Å². The van der Waals surface area contributed by atoms with E-state index in [1.807, 2.05) is 6.92 Å². The van der Waals surface area contributed by atoms with Crippen molar-refractivity contribution >= 4 is 23.8 Å². The van der Waals surface area contributed by atoms with Crippen LogP contribution < -0.4 is 10.6 Å². The molecule has 0 radical (unpaired) electrons. The van der Waals surface area contributed by atoms with Gasteiger partial charge in [0.2, 0.25) is 11.8 Å². The summed E-state index contributed by atoms with van der Waals surface area (Å²) in [5.74, 6) is 16.3. The molecular formula is C49H78N2O8. The van der Waals surface area contributed by atoms with Crippen LogP contribution in [0.3, 0.4) is 0 Å². The second kappa shape index (κ2) is 17.9. The van der Waals surface area contributed by atoms with E-state index < -0.39 is 5.97 Å². The molecular weight excluding hydrogens is 745 g/mol. The third kappa shape index (κ3) is 7.92. The Bertz CT molecular complexity index is 1520. The highest BCUT2D eigenvalue weighted by molar-refractivity contribution is 5.85. The number of esters is 2. The number of hydrogen-bond acceptors (Lipinski definition) is 8. The summed E-state index contributed by atoms with van der Waals surface area (Å²) in [6.07, 6.45) is 11.9. The Morgan fingerprint density at radius 2 is 0.915 bits per heavy atom. The quantitative estimate of drug-likeness (QED) is 0.113. The molecule has 0 aromatic carbocycles. The molecule has 10 rings (SSSR count). The van der Waals surface area contributed by atoms with Crippen LogP contribution in [0.25, 0.3) is 0 Å². The molecule has 10 nitrogen and oxygen atoms in total. The van der Waals surface area contributed by atoms with Crippen LogP contribution in [-0.4, -0.2) is 75.0 Å². The van der Waals surface area contributed by atoms with Gasteiger partial charge in [0.05, 0.1) is 13.2 Å². The average Bonchev–Trinajstić information content (AvgIpc) is 4.09. The molecule has 22 atom stereocenters. The van der Waals surface area contributed by atoms with Crippen molar-refractivity contribution in [1.29, 1.82) is 0 Å². The van der Waals surface area contributed by atoms with E-state index in [0.29, 0.717) is 25.0 Å². The second-order valence-electron chi connectivity index (χ2n) is 21.7. The Balaban J connectivity index is 0.000000136. The fourth-order valence-corrected chi connectivity index (χ4v) is 17.1. The van der Waals surface area contributed by atoms with Crippen molar-refractivity contribution in [3.05, 3.63) is 0 Å². The van der Waals surface area contributed by atoms with Crippen LogP contribution in [0, 0.1) is 130 Å². The lowest BCUT2D eigenvalue weighted by atomic mass is 9.62. The summed E-state index contributed by atoms with van der Waals surface area (Å²) in [6.45, 7) is 17.5. The molecule has 10 aliphatic rings. The van der Waals surface area contributed by atoms with Crippen molar-refractivity contribution in [3.63, 3.8) is 0 Å². The number of aliphatic hydroxyl groups is 1. The maximum Gasteiger partial charge on any atom is 0.325 e. The van der Waals surface area contributed by atoms with Gasteiger partial charge in [0.1, 0.15) is 26.3 Å². The number of ether oxygens (including phenoxy) is 3. The zero-order chi connectivity index (χ0) is 41.9. The largest absolute Gasteiger partial charge is 0.462 e. The van der Waals surface area contributed by atoms with Gasteiger partial charge < -0.3 is 30.0 Å². The maximum absolute atomic E-state index is 12.7. The minimum atomic E-state index is -0.471. The number of aliphatic hydroxyl groups excluding tert-OH is 1. The van der Waals surface area contributed by atoms with Crippen molar-refractivity contribution in [2.75, 3.05) is 46.1 Å². The first-order valence-corrected chi connectivity index (χ1v) is 24.4. The Morgan fingerprint density at radius 1 is 0.492 bits per heavy atom. The van der Waals surface area contributed by atoms with Crippen LogP contribution in [0.5, 0.6) is 0 Å². The molecule has 10 saturated carbocycles. The Labute approximate surface area is 354 Å². The van der Waals surface area contributed by atoms with Gasteiger partial charge in [-0.1, -0.05) is 41.5 Å². The normalized spacial score (nSPS) is 47.9. The number of nitrogens with one attached hydrogen (secondary N) is 2. The summed E-state index contributed by atoms with van der Waals surface area (Å²) in [5.41, 5.74) is 0. The molecule has 332 valence electrons. The number of amides is 2. The fourth-order valence-electron chi connectivity index (χ4n) is 17.1. The average molecular weight is 823 g/mol. The summed E-state index contributed by atoms with van der Waals surface area (Å²) in [5, 5.41) is 14.3. The van der Waals surface area contributed by atoms with Gasteiger partial charge in [0.15, 0.2) is 0 Å². The predicted octanol–water partition coefficient (Wildman–Crippen LogP) is 6.63. The molecule has 3 N–H and O–H groups in total. The molecule has 10 aliphatic carbocycles. The summed E-state index contributed by atoms with van der Waals surface area (Å²) >= 11 is 0. The second-order valence-corrected chi connectivity index (χ2v) is 21.7. The molecule has 10 heteroatoms. The van der Waals surface area contributed by atoms with Crippen molar-refractivity contribution in [2.24, 2.45) is 130 Å². The lowest BCUT2D eigenvalue weighted by Crippen LogP contribution is -2.44. The summed E-state index contributed by atoms with van der Waals surface area (Å²) in [6, 6.07) is 0. The van der Waals surface area contributed by atoms with E-state index in [9.17, 15) is 19.2 Å². The number of hydrogen-bond donors (Lipinski definition) is 3. The number of rotatable bonds is 12. The topological polar surface area (TPSA) is 140 Å². The molecule has 10 fully saturated rings. The van der Waals surface area contributed by atoms with Crippen LogP contribution in [-0.2, 0) is 33.4 Å². The molecule has 2 amide bonds. The van der Waals surface area contributed by atoms with Crippen LogP contribution in [0.2, 0.25) is 0 Å². The highest BCUT2D eigenvalue weighted by Crippen LogP contribution is 2.72. The molecule has 0 aliphatic heterocycles. The van der Waals surface area contributed by atoms with Gasteiger partial charge in [-0.3, -0.25) is 19.2 Å². The maximum atomic E-state index is 12.7. The zero-order valence-electron chi connectivity index (χ0n) is 37.3. The highest BCUT2D eigenvalue weighted by atomic mass is 16.6. The molecule has 0 aromatic heterocycles. The lowest BCUT2D eigenvalue weighted by Gasteiger charge is -2.43. The number of carbonyl (C=O) groups excluding carboxylic acids is 4. The van der Waals surface area contributed by atoms with Crippen molar-refractivity contribution in [3.8, 4) is 0 Å². The first-order valence-electron chi connectivity index (χ1n) is 24.4. The molecule has 0 saturated heterocycles. The lowest BCUT2D eigenvalue weighted by molar-refractivity contribution is -0.146. The van der Waals surface area contributed by atoms with Gasteiger partial charge in [0.25, 0.3) is 0 Å². The Morgan fingerprint density at radius 3 is 1.31 bits per heavy atom. The zero-order valence-corrected chi connectivity index (χ0v) is 37.3. The van der Waals surface area contributed by atoms with Gasteiger partial charge in [-0.05, 0) is 183 Å². The van der Waals surface area contributed by atoms with Crippen LogP contribution in [0.15, 0.2) is 0 Å². The van der Waals surface area contributed by atoms with Gasteiger partial charge in [-0.2, -0.15) is 0 Å². The highest BCUT2D eigenvalue weighted by Gasteiger charge is 2.68. The molecule has 0 heterocycles. The van der Waals surface area contributed by atoms with Crippen LogP contribution >= 0.6 is 0 Å². The van der Waals surface area contributed by atoms with E-state index in [1.54, 1.807) is 6.42 Å². The third-order valence-electron chi connectivity index (χ3n) is 20.1. The van der Waals surface area contributed by atoms with E-state index in [-0.39, 0.29) is 62.5 Å². The summed E-state index contributed by atoms with van der Waals surface area (Å²) < 4.78 is 15.0. The third-order valence-corrected chi connectivity index (χ3v) is 20.1. The van der Waals surface area contributed by atoms with E-state index in [4.69, 9.17) is 19.3 Å². The smallest absolute Gasteiger partial charge is 0.325 e. The standard InChI is InChI=1S/C21H33NO4.C19H29NO4.C9H16/c1-4-25-5-6-26-18(23)10-22-21(24)17-8-13-7-16(17)20-15-9-14(19(13)20)11(2)12(15)3;1-9-10(2)13-7-12(9)17-11-5-14(18(13)17)15(6-11)19(23)20-8-16(22)24-4-3-21;1-6-7(2)9-4-3-8(6)5-9/h11-17,19-20H,4-10H2,1-3H3,(H,22,24);9-15,17-18,21H,3-8H2,1-2H3,(H,20,23);6-9H,3-5H2,1-2H3. The molecule has 10 bridgehead atoms. The first kappa shape index (κ1) is 43.4. The van der Waals surface area contributed by atoms with Crippen LogP contribution in [0.1, 0.15) is 106 Å². The van der Waals surface area contributed by atoms with E-state index >= 15 is 0 Å². The fraction of sp³-hybridized carbons (Fsp3) is 0.918. The Kier molecular flexibility index (Phi) is 13.2. The van der Waals surface area contributed by atoms with Gasteiger partial charge in [0, 0.05) is 18.4 Å². The SMILES string of the molecule is CC1C(C)C2CC1C1C3CC(C(=O)NCC(=O)OCCO)C(C3)C21.CC1C2CCC(C2)C1C.CCOCCOC(=O)CNC(=O)C1CC2CC1C1C3CC(C(C)C3C)C21. The van der Waals surface area contributed by atoms with Crippen molar-refractivity contribution in [1.82, 2.24) is 10.6 Å². The number of fused-ring (bicyclic) bond motifs is 20. The monoisotopic (exact) mass is 823 g/mol. The Hall–Kier alpha value is -2.20.